The molecule has 96 valence electrons. The summed E-state index contributed by atoms with van der Waals surface area (Å²) in [5, 5.41) is 15.2. The van der Waals surface area contributed by atoms with Gasteiger partial charge in [-0.25, -0.2) is 4.79 Å². The van der Waals surface area contributed by atoms with Crippen molar-refractivity contribution in [3.05, 3.63) is 0 Å². The highest BCUT2D eigenvalue weighted by molar-refractivity contribution is 5.87. The molecule has 0 unspecified atom stereocenters. The number of carboxylic acids is 1. The van der Waals surface area contributed by atoms with Crippen LogP contribution in [0.4, 0.5) is 0 Å². The van der Waals surface area contributed by atoms with Gasteiger partial charge < -0.3 is 15.7 Å². The Morgan fingerprint density at radius 3 is 2.35 bits per heavy atom. The number of nitrogens with one attached hydrogen (secondary N) is 2. The molecule has 2 fully saturated rings. The van der Waals surface area contributed by atoms with Crippen LogP contribution in [0.5, 0.6) is 0 Å². The summed E-state index contributed by atoms with van der Waals surface area (Å²) in [6.07, 6.45) is 4.42. The van der Waals surface area contributed by atoms with E-state index >= 15 is 0 Å². The second-order valence-electron chi connectivity index (χ2n) is 5.22. The lowest BCUT2D eigenvalue weighted by molar-refractivity contribution is -0.149. The zero-order valence-electron chi connectivity index (χ0n) is 10.00. The minimum Gasteiger partial charge on any atom is -0.480 e. The quantitative estimate of drug-likeness (QED) is 0.668. The summed E-state index contributed by atoms with van der Waals surface area (Å²) in [5.74, 6) is -0.609. The Morgan fingerprint density at radius 2 is 1.88 bits per heavy atom. The molecule has 0 spiro atoms. The molecule has 0 atom stereocenters. The zero-order chi connectivity index (χ0) is 12.3. The van der Waals surface area contributed by atoms with Gasteiger partial charge in [0.1, 0.15) is 5.54 Å². The highest BCUT2D eigenvalue weighted by Gasteiger charge is 2.41. The summed E-state index contributed by atoms with van der Waals surface area (Å²) in [5.41, 5.74) is -0.994. The summed E-state index contributed by atoms with van der Waals surface area (Å²) in [6, 6.07) is 0. The summed E-state index contributed by atoms with van der Waals surface area (Å²) in [7, 11) is 0. The van der Waals surface area contributed by atoms with Crippen molar-refractivity contribution in [1.29, 1.82) is 0 Å². The largest absolute Gasteiger partial charge is 0.480 e. The average Bonchev–Trinajstić information content (AvgIpc) is 2.25. The van der Waals surface area contributed by atoms with Crippen LogP contribution in [-0.4, -0.2) is 35.6 Å². The molecule has 1 amide bonds. The van der Waals surface area contributed by atoms with Crippen LogP contribution in [0.1, 0.15) is 38.5 Å². The molecular formula is C12H20N2O3. The molecule has 17 heavy (non-hydrogen) atoms. The number of carboxylic acid groups (broad SMARTS) is 1. The fourth-order valence-electron chi connectivity index (χ4n) is 2.62. The molecule has 1 saturated carbocycles. The molecular weight excluding hydrogens is 220 g/mol. The predicted molar refractivity (Wildman–Crippen MR) is 62.6 cm³/mol. The van der Waals surface area contributed by atoms with Crippen molar-refractivity contribution in [3.8, 4) is 0 Å². The first kappa shape index (κ1) is 12.4. The van der Waals surface area contributed by atoms with Gasteiger partial charge in [-0.1, -0.05) is 19.3 Å². The van der Waals surface area contributed by atoms with Crippen LogP contribution in [0.2, 0.25) is 0 Å². The molecule has 1 saturated heterocycles. The van der Waals surface area contributed by atoms with Gasteiger partial charge in [0.25, 0.3) is 0 Å². The lowest BCUT2D eigenvalue weighted by atomic mass is 9.81. The van der Waals surface area contributed by atoms with E-state index in [2.05, 4.69) is 10.6 Å². The summed E-state index contributed by atoms with van der Waals surface area (Å²) in [6.45, 7) is 1.74. The Morgan fingerprint density at radius 1 is 1.24 bits per heavy atom. The van der Waals surface area contributed by atoms with Gasteiger partial charge >= 0.3 is 5.97 Å². The van der Waals surface area contributed by atoms with Crippen molar-refractivity contribution in [1.82, 2.24) is 10.6 Å². The first-order valence-electron chi connectivity index (χ1n) is 6.37. The molecule has 0 bridgehead atoms. The van der Waals surface area contributed by atoms with Crippen molar-refractivity contribution in [3.63, 3.8) is 0 Å². The number of carbonyl (C=O) groups is 2. The van der Waals surface area contributed by atoms with Gasteiger partial charge in [-0.05, 0) is 31.8 Å². The smallest absolute Gasteiger partial charge is 0.329 e. The van der Waals surface area contributed by atoms with E-state index in [1.54, 1.807) is 0 Å². The number of carbonyl (C=O) groups excluding carboxylic acids is 1. The lowest BCUT2D eigenvalue weighted by Crippen LogP contribution is -2.56. The first-order chi connectivity index (χ1) is 8.12. The maximum atomic E-state index is 11.8. The summed E-state index contributed by atoms with van der Waals surface area (Å²) >= 11 is 0. The Hall–Kier alpha value is -1.10. The Balaban J connectivity index is 1.91. The molecule has 5 nitrogen and oxygen atoms in total. The number of amides is 1. The lowest BCUT2D eigenvalue weighted by Gasteiger charge is -2.35. The summed E-state index contributed by atoms with van der Waals surface area (Å²) < 4.78 is 0. The number of hydrogen-bond donors (Lipinski definition) is 3. The standard InChI is InChI=1S/C12H20N2O3/c15-10(6-9-7-13-8-9)14-12(11(16)17)4-2-1-3-5-12/h9,13H,1-8H2,(H,14,15)(H,16,17). The topological polar surface area (TPSA) is 78.4 Å². The van der Waals surface area contributed by atoms with Gasteiger partial charge in [0.15, 0.2) is 0 Å². The maximum absolute atomic E-state index is 11.8. The third-order valence-electron chi connectivity index (χ3n) is 3.84. The minimum atomic E-state index is -0.994. The monoisotopic (exact) mass is 240 g/mol. The molecule has 2 aliphatic rings. The van der Waals surface area contributed by atoms with Crippen LogP contribution in [-0.2, 0) is 9.59 Å². The normalized spacial score (nSPS) is 23.8. The highest BCUT2D eigenvalue weighted by Crippen LogP contribution is 2.28. The number of rotatable bonds is 4. The molecule has 3 N–H and O–H groups in total. The van der Waals surface area contributed by atoms with E-state index in [1.807, 2.05) is 0 Å². The van der Waals surface area contributed by atoms with E-state index in [0.29, 0.717) is 25.2 Å². The molecule has 0 aromatic rings. The van der Waals surface area contributed by atoms with Crippen LogP contribution in [0.15, 0.2) is 0 Å². The van der Waals surface area contributed by atoms with Gasteiger partial charge in [0, 0.05) is 6.42 Å². The van der Waals surface area contributed by atoms with Gasteiger partial charge in [0.2, 0.25) is 5.91 Å². The van der Waals surface area contributed by atoms with E-state index in [-0.39, 0.29) is 5.91 Å². The molecule has 2 rings (SSSR count). The van der Waals surface area contributed by atoms with Crippen LogP contribution >= 0.6 is 0 Å². The van der Waals surface area contributed by atoms with E-state index in [9.17, 15) is 14.7 Å². The average molecular weight is 240 g/mol. The van der Waals surface area contributed by atoms with Crippen molar-refractivity contribution in [2.75, 3.05) is 13.1 Å². The van der Waals surface area contributed by atoms with E-state index in [4.69, 9.17) is 0 Å². The van der Waals surface area contributed by atoms with Crippen molar-refractivity contribution < 1.29 is 14.7 Å². The molecule has 0 aromatic carbocycles. The molecule has 1 aliphatic heterocycles. The van der Waals surface area contributed by atoms with E-state index < -0.39 is 11.5 Å². The maximum Gasteiger partial charge on any atom is 0.329 e. The van der Waals surface area contributed by atoms with Crippen LogP contribution in [0.25, 0.3) is 0 Å². The second-order valence-corrected chi connectivity index (χ2v) is 5.22. The van der Waals surface area contributed by atoms with E-state index in [1.165, 1.54) is 0 Å². The Kier molecular flexibility index (Phi) is 3.66. The van der Waals surface area contributed by atoms with Crippen LogP contribution in [0, 0.1) is 5.92 Å². The van der Waals surface area contributed by atoms with Crippen molar-refractivity contribution >= 4 is 11.9 Å². The van der Waals surface area contributed by atoms with Crippen LogP contribution < -0.4 is 10.6 Å². The van der Waals surface area contributed by atoms with Crippen LogP contribution in [0.3, 0.4) is 0 Å². The molecule has 0 aromatic heterocycles. The Labute approximate surface area is 101 Å². The van der Waals surface area contributed by atoms with Gasteiger partial charge in [0.05, 0.1) is 0 Å². The minimum absolute atomic E-state index is 0.110. The Bertz CT molecular complexity index is 307. The fraction of sp³-hybridized carbons (Fsp3) is 0.833. The highest BCUT2D eigenvalue weighted by atomic mass is 16.4. The molecule has 5 heteroatoms. The number of aliphatic carboxylic acids is 1. The zero-order valence-corrected chi connectivity index (χ0v) is 10.00. The second kappa shape index (κ2) is 5.04. The third-order valence-corrected chi connectivity index (χ3v) is 3.84. The third kappa shape index (κ3) is 2.77. The van der Waals surface area contributed by atoms with Gasteiger partial charge in [-0.2, -0.15) is 0 Å². The SMILES string of the molecule is O=C(CC1CNC1)NC1(C(=O)O)CCCCC1. The summed E-state index contributed by atoms with van der Waals surface area (Å²) in [4.78, 5) is 23.2. The van der Waals surface area contributed by atoms with Gasteiger partial charge in [-0.15, -0.1) is 0 Å². The van der Waals surface area contributed by atoms with Gasteiger partial charge in [-0.3, -0.25) is 4.79 Å². The first-order valence-corrected chi connectivity index (χ1v) is 6.37. The predicted octanol–water partition coefficient (Wildman–Crippen LogP) is 0.500. The molecule has 1 aliphatic carbocycles. The molecule has 1 heterocycles. The van der Waals surface area contributed by atoms with E-state index in [0.717, 1.165) is 32.4 Å². The van der Waals surface area contributed by atoms with Crippen molar-refractivity contribution in [2.24, 2.45) is 5.92 Å². The molecule has 0 radical (unpaired) electrons. The van der Waals surface area contributed by atoms with Crippen molar-refractivity contribution in [2.45, 2.75) is 44.1 Å². The number of hydrogen-bond acceptors (Lipinski definition) is 3. The fourth-order valence-corrected chi connectivity index (χ4v) is 2.62.